The van der Waals surface area contributed by atoms with Gasteiger partial charge in [-0.15, -0.1) is 0 Å². The standard InChI is InChI=1S/C13H16Cl2O2/c1-3-13(4-2)16-8-11(17-13)12-9(14)6-5-7-10(12)15/h5-7,11H,3-4,8H2,1-2H3. The van der Waals surface area contributed by atoms with Crippen LogP contribution in [-0.4, -0.2) is 12.4 Å². The Morgan fingerprint density at radius 1 is 1.24 bits per heavy atom. The predicted octanol–water partition coefficient (Wildman–Crippen LogP) is 4.60. The molecule has 0 radical (unpaired) electrons. The highest BCUT2D eigenvalue weighted by atomic mass is 35.5. The molecule has 2 rings (SSSR count). The maximum atomic E-state index is 6.17. The van der Waals surface area contributed by atoms with E-state index in [9.17, 15) is 0 Å². The van der Waals surface area contributed by atoms with Crippen LogP contribution in [0.25, 0.3) is 0 Å². The highest BCUT2D eigenvalue weighted by molar-refractivity contribution is 6.36. The molecule has 1 atom stereocenters. The summed E-state index contributed by atoms with van der Waals surface area (Å²) in [5.74, 6) is -0.479. The first kappa shape index (κ1) is 13.2. The number of hydrogen-bond acceptors (Lipinski definition) is 2. The van der Waals surface area contributed by atoms with E-state index >= 15 is 0 Å². The van der Waals surface area contributed by atoms with E-state index in [2.05, 4.69) is 13.8 Å². The van der Waals surface area contributed by atoms with Gasteiger partial charge in [-0.25, -0.2) is 0 Å². The molecule has 0 spiro atoms. The van der Waals surface area contributed by atoms with Crippen LogP contribution in [0.1, 0.15) is 38.4 Å². The Morgan fingerprint density at radius 2 is 1.82 bits per heavy atom. The van der Waals surface area contributed by atoms with E-state index in [0.717, 1.165) is 18.4 Å². The van der Waals surface area contributed by atoms with E-state index in [-0.39, 0.29) is 6.10 Å². The molecule has 1 fully saturated rings. The van der Waals surface area contributed by atoms with Gasteiger partial charge in [0, 0.05) is 15.6 Å². The lowest BCUT2D eigenvalue weighted by molar-refractivity contribution is -0.172. The maximum Gasteiger partial charge on any atom is 0.168 e. The van der Waals surface area contributed by atoms with Crippen molar-refractivity contribution in [1.82, 2.24) is 0 Å². The molecule has 1 saturated heterocycles. The quantitative estimate of drug-likeness (QED) is 0.802. The third-order valence-corrected chi connectivity index (χ3v) is 3.91. The zero-order chi connectivity index (χ0) is 12.5. The van der Waals surface area contributed by atoms with Crippen LogP contribution in [0, 0.1) is 0 Å². The van der Waals surface area contributed by atoms with Crippen LogP contribution >= 0.6 is 23.2 Å². The molecule has 0 amide bonds. The summed E-state index contributed by atoms with van der Waals surface area (Å²) < 4.78 is 11.8. The Balaban J connectivity index is 2.26. The Hall–Kier alpha value is -0.280. The number of halogens is 2. The third kappa shape index (κ3) is 2.45. The first-order valence-corrected chi connectivity index (χ1v) is 6.63. The first-order valence-electron chi connectivity index (χ1n) is 5.87. The second-order valence-electron chi connectivity index (χ2n) is 4.17. The average Bonchev–Trinajstić information content (AvgIpc) is 2.74. The molecule has 2 nitrogen and oxygen atoms in total. The number of benzene rings is 1. The molecule has 1 heterocycles. The van der Waals surface area contributed by atoms with E-state index in [1.54, 1.807) is 0 Å². The van der Waals surface area contributed by atoms with Gasteiger partial charge in [0.1, 0.15) is 6.10 Å². The van der Waals surface area contributed by atoms with E-state index < -0.39 is 5.79 Å². The van der Waals surface area contributed by atoms with Crippen molar-refractivity contribution in [1.29, 1.82) is 0 Å². The Morgan fingerprint density at radius 3 is 2.29 bits per heavy atom. The molecular weight excluding hydrogens is 259 g/mol. The van der Waals surface area contributed by atoms with Gasteiger partial charge in [-0.1, -0.05) is 43.1 Å². The molecule has 1 aliphatic heterocycles. The van der Waals surface area contributed by atoms with Gasteiger partial charge in [0.2, 0.25) is 0 Å². The van der Waals surface area contributed by atoms with Crippen molar-refractivity contribution in [3.8, 4) is 0 Å². The molecule has 94 valence electrons. The van der Waals surface area contributed by atoms with E-state index in [0.29, 0.717) is 16.7 Å². The third-order valence-electron chi connectivity index (χ3n) is 3.25. The van der Waals surface area contributed by atoms with Crippen molar-refractivity contribution in [3.63, 3.8) is 0 Å². The van der Waals surface area contributed by atoms with Gasteiger partial charge in [-0.3, -0.25) is 0 Å². The SMILES string of the molecule is CCC1(CC)OCC(c2c(Cl)cccc2Cl)O1. The predicted molar refractivity (Wildman–Crippen MR) is 69.6 cm³/mol. The summed E-state index contributed by atoms with van der Waals surface area (Å²) in [7, 11) is 0. The summed E-state index contributed by atoms with van der Waals surface area (Å²) in [5, 5.41) is 1.27. The summed E-state index contributed by atoms with van der Waals surface area (Å²) in [6.07, 6.45) is 1.47. The van der Waals surface area contributed by atoms with Crippen LogP contribution < -0.4 is 0 Å². The topological polar surface area (TPSA) is 18.5 Å². The largest absolute Gasteiger partial charge is 0.347 e. The maximum absolute atomic E-state index is 6.17. The number of ether oxygens (including phenoxy) is 2. The van der Waals surface area contributed by atoms with E-state index in [4.69, 9.17) is 32.7 Å². The summed E-state index contributed by atoms with van der Waals surface area (Å²) >= 11 is 12.3. The van der Waals surface area contributed by atoms with Crippen LogP contribution in [0.5, 0.6) is 0 Å². The average molecular weight is 275 g/mol. The highest BCUT2D eigenvalue weighted by Gasteiger charge is 2.40. The fourth-order valence-corrected chi connectivity index (χ4v) is 2.78. The Labute approximate surface area is 112 Å². The van der Waals surface area contributed by atoms with Gasteiger partial charge in [-0.05, 0) is 25.0 Å². The Kier molecular flexibility index (Phi) is 3.99. The summed E-state index contributed by atoms with van der Waals surface area (Å²) in [6.45, 7) is 4.62. The second-order valence-corrected chi connectivity index (χ2v) is 4.99. The molecule has 0 N–H and O–H groups in total. The van der Waals surface area contributed by atoms with Crippen molar-refractivity contribution >= 4 is 23.2 Å². The monoisotopic (exact) mass is 274 g/mol. The lowest BCUT2D eigenvalue weighted by Crippen LogP contribution is -2.27. The molecule has 17 heavy (non-hydrogen) atoms. The van der Waals surface area contributed by atoms with Crippen LogP contribution in [0.3, 0.4) is 0 Å². The van der Waals surface area contributed by atoms with Crippen molar-refractivity contribution < 1.29 is 9.47 Å². The second kappa shape index (κ2) is 5.15. The minimum absolute atomic E-state index is 0.170. The summed E-state index contributed by atoms with van der Waals surface area (Å²) in [5.41, 5.74) is 0.833. The van der Waals surface area contributed by atoms with Crippen molar-refractivity contribution in [2.45, 2.75) is 38.6 Å². The van der Waals surface area contributed by atoms with Crippen LogP contribution in [0.15, 0.2) is 18.2 Å². The first-order chi connectivity index (χ1) is 8.12. The van der Waals surface area contributed by atoms with Crippen LogP contribution in [0.4, 0.5) is 0 Å². The van der Waals surface area contributed by atoms with Gasteiger partial charge >= 0.3 is 0 Å². The molecule has 0 bridgehead atoms. The van der Waals surface area contributed by atoms with E-state index in [1.807, 2.05) is 18.2 Å². The van der Waals surface area contributed by atoms with Crippen molar-refractivity contribution in [3.05, 3.63) is 33.8 Å². The number of rotatable bonds is 3. The molecule has 0 saturated carbocycles. The molecule has 1 aromatic carbocycles. The normalized spacial score (nSPS) is 22.9. The summed E-state index contributed by atoms with van der Waals surface area (Å²) in [4.78, 5) is 0. The lowest BCUT2D eigenvalue weighted by atomic mass is 10.1. The fraction of sp³-hybridized carbons (Fsp3) is 0.538. The smallest absolute Gasteiger partial charge is 0.168 e. The van der Waals surface area contributed by atoms with Crippen molar-refractivity contribution in [2.24, 2.45) is 0 Å². The van der Waals surface area contributed by atoms with Crippen LogP contribution in [0.2, 0.25) is 10.0 Å². The highest BCUT2D eigenvalue weighted by Crippen LogP contribution is 2.42. The molecule has 4 heteroatoms. The van der Waals surface area contributed by atoms with Gasteiger partial charge < -0.3 is 9.47 Å². The zero-order valence-corrected chi connectivity index (χ0v) is 11.5. The Bertz CT molecular complexity index is 382. The van der Waals surface area contributed by atoms with Crippen LogP contribution in [-0.2, 0) is 9.47 Å². The van der Waals surface area contributed by atoms with Crippen molar-refractivity contribution in [2.75, 3.05) is 6.61 Å². The van der Waals surface area contributed by atoms with Gasteiger partial charge in [-0.2, -0.15) is 0 Å². The van der Waals surface area contributed by atoms with Gasteiger partial charge in [0.25, 0.3) is 0 Å². The molecule has 1 aliphatic rings. The molecule has 1 aromatic rings. The van der Waals surface area contributed by atoms with Gasteiger partial charge in [0.15, 0.2) is 5.79 Å². The minimum atomic E-state index is -0.479. The minimum Gasteiger partial charge on any atom is -0.347 e. The molecular formula is C13H16Cl2O2. The molecule has 0 aliphatic carbocycles. The molecule has 0 aromatic heterocycles. The van der Waals surface area contributed by atoms with Gasteiger partial charge in [0.05, 0.1) is 6.61 Å². The van der Waals surface area contributed by atoms with E-state index in [1.165, 1.54) is 0 Å². The molecule has 1 unspecified atom stereocenters. The lowest BCUT2D eigenvalue weighted by Gasteiger charge is -2.25. The summed E-state index contributed by atoms with van der Waals surface area (Å²) in [6, 6.07) is 5.48. The fourth-order valence-electron chi connectivity index (χ4n) is 2.14. The zero-order valence-electron chi connectivity index (χ0n) is 10.0. The number of hydrogen-bond donors (Lipinski definition) is 0.